The summed E-state index contributed by atoms with van der Waals surface area (Å²) in [7, 11) is 1.38. The van der Waals surface area contributed by atoms with Gasteiger partial charge in [-0.25, -0.2) is 9.59 Å². The third-order valence-corrected chi connectivity index (χ3v) is 7.73. The van der Waals surface area contributed by atoms with Gasteiger partial charge in [0.15, 0.2) is 0 Å². The zero-order valence-electron chi connectivity index (χ0n) is 20.3. The van der Waals surface area contributed by atoms with Gasteiger partial charge in [-0.2, -0.15) is 0 Å². The summed E-state index contributed by atoms with van der Waals surface area (Å²) in [6.45, 7) is 0.657. The number of nitrogens with zero attached hydrogens (tertiary/aromatic N) is 1. The lowest BCUT2D eigenvalue weighted by molar-refractivity contribution is -0.0660. The molecule has 0 bridgehead atoms. The molecule has 5 rings (SSSR count). The Labute approximate surface area is 209 Å². The quantitative estimate of drug-likeness (QED) is 0.467. The van der Waals surface area contributed by atoms with E-state index in [2.05, 4.69) is 11.1 Å². The van der Waals surface area contributed by atoms with Gasteiger partial charge >= 0.3 is 12.1 Å². The number of H-pyrrole nitrogens is 1. The van der Waals surface area contributed by atoms with Crippen molar-refractivity contribution in [1.29, 1.82) is 0 Å². The summed E-state index contributed by atoms with van der Waals surface area (Å²) in [5, 5.41) is 22.1. The van der Waals surface area contributed by atoms with Crippen LogP contribution >= 0.6 is 0 Å². The van der Waals surface area contributed by atoms with Crippen molar-refractivity contribution in [3.8, 4) is 0 Å². The highest BCUT2D eigenvalue weighted by Crippen LogP contribution is 2.43. The monoisotopic (exact) mass is 492 g/mol. The lowest BCUT2D eigenvalue weighted by Gasteiger charge is -2.42. The van der Waals surface area contributed by atoms with Crippen LogP contribution in [-0.2, 0) is 15.9 Å². The number of aliphatic hydroxyl groups is 2. The molecule has 5 atom stereocenters. The van der Waals surface area contributed by atoms with Crippen molar-refractivity contribution in [3.63, 3.8) is 0 Å². The van der Waals surface area contributed by atoms with Crippen molar-refractivity contribution in [3.05, 3.63) is 71.4 Å². The average molecular weight is 493 g/mol. The van der Waals surface area contributed by atoms with Gasteiger partial charge in [0.25, 0.3) is 0 Å². The molecule has 1 aliphatic heterocycles. The Morgan fingerprint density at radius 2 is 1.69 bits per heavy atom. The van der Waals surface area contributed by atoms with Gasteiger partial charge in [-0.15, -0.1) is 0 Å². The number of carbonyl (C=O) groups excluding carboxylic acids is 2. The Hall–Kier alpha value is -3.36. The average Bonchev–Trinajstić information content (AvgIpc) is 3.29. The van der Waals surface area contributed by atoms with Gasteiger partial charge in [0.2, 0.25) is 0 Å². The van der Waals surface area contributed by atoms with E-state index < -0.39 is 24.3 Å². The van der Waals surface area contributed by atoms with Gasteiger partial charge in [-0.3, -0.25) is 4.90 Å². The highest BCUT2D eigenvalue weighted by molar-refractivity contribution is 5.89. The predicted octanol–water partition coefficient (Wildman–Crippen LogP) is 3.83. The molecule has 1 aromatic heterocycles. The molecule has 8 heteroatoms. The maximum Gasteiger partial charge on any atom is 0.410 e. The Morgan fingerprint density at radius 1 is 1.00 bits per heavy atom. The first-order valence-electron chi connectivity index (χ1n) is 12.5. The number of aromatic nitrogens is 1. The number of hydrogen-bond acceptors (Lipinski definition) is 6. The summed E-state index contributed by atoms with van der Waals surface area (Å²) in [6, 6.07) is 16.6. The number of aromatic amines is 1. The van der Waals surface area contributed by atoms with Crippen LogP contribution in [0, 0.1) is 11.8 Å². The number of hydrogen-bond donors (Lipinski definition) is 3. The highest BCUT2D eigenvalue weighted by Gasteiger charge is 2.41. The first-order valence-corrected chi connectivity index (χ1v) is 12.5. The van der Waals surface area contributed by atoms with Gasteiger partial charge < -0.3 is 24.7 Å². The largest absolute Gasteiger partial charge is 0.462 e. The minimum atomic E-state index is -0.881. The molecular formula is C28H32N2O6. The first kappa shape index (κ1) is 24.3. The van der Waals surface area contributed by atoms with Crippen molar-refractivity contribution in [2.45, 2.75) is 43.9 Å². The zero-order chi connectivity index (χ0) is 25.2. The van der Waals surface area contributed by atoms with Crippen molar-refractivity contribution in [2.24, 2.45) is 11.8 Å². The molecule has 3 N–H and O–H groups in total. The number of nitrogens with one attached hydrogen (secondary N) is 1. The van der Waals surface area contributed by atoms with E-state index >= 15 is 0 Å². The normalized spacial score (nSPS) is 25.9. The van der Waals surface area contributed by atoms with Crippen LogP contribution in [-0.4, -0.2) is 64.6 Å². The number of fused-ring (bicyclic) bond motifs is 3. The molecule has 1 aliphatic carbocycles. The molecule has 0 radical (unpaired) electrons. The van der Waals surface area contributed by atoms with Crippen molar-refractivity contribution in [1.82, 2.24) is 9.88 Å². The standard InChI is InChI=1S/C28H32N2O6/c1-35-28(34)30-12-11-21-20-9-5-6-10-22(20)29-26(21)23(30)13-18-14-24(31)25(32)15-19(18)16-36-27(33)17-7-3-2-4-8-17/h2-10,18-19,23-25,29,31-32H,11-16H2,1H3/t18-,19-,23+,24?,25?/m1/s1. The second kappa shape index (κ2) is 10.3. The third-order valence-electron chi connectivity index (χ3n) is 7.73. The topological polar surface area (TPSA) is 112 Å². The molecule has 2 aliphatic rings. The summed E-state index contributed by atoms with van der Waals surface area (Å²) in [4.78, 5) is 30.6. The zero-order valence-corrected chi connectivity index (χ0v) is 20.3. The second-order valence-corrected chi connectivity index (χ2v) is 9.82. The number of amides is 1. The van der Waals surface area contributed by atoms with Gasteiger partial charge in [-0.05, 0) is 61.3 Å². The predicted molar refractivity (Wildman–Crippen MR) is 133 cm³/mol. The molecule has 1 saturated carbocycles. The summed E-state index contributed by atoms with van der Waals surface area (Å²) >= 11 is 0. The number of aliphatic hydroxyl groups excluding tert-OH is 2. The maximum atomic E-state index is 12.7. The van der Waals surface area contributed by atoms with Gasteiger partial charge in [0.1, 0.15) is 0 Å². The summed E-state index contributed by atoms with van der Waals surface area (Å²) in [5.41, 5.74) is 3.66. The minimum Gasteiger partial charge on any atom is -0.462 e. The lowest BCUT2D eigenvalue weighted by Crippen LogP contribution is -2.45. The molecule has 2 heterocycles. The molecule has 0 saturated heterocycles. The summed E-state index contributed by atoms with van der Waals surface area (Å²) in [6.07, 6.45) is -0.204. The molecule has 1 amide bonds. The van der Waals surface area contributed by atoms with Crippen LogP contribution in [0.4, 0.5) is 4.79 Å². The molecule has 2 aromatic carbocycles. The van der Waals surface area contributed by atoms with E-state index in [4.69, 9.17) is 9.47 Å². The van der Waals surface area contributed by atoms with Crippen LogP contribution in [0.15, 0.2) is 54.6 Å². The number of para-hydroxylation sites is 1. The van der Waals surface area contributed by atoms with Gasteiger partial charge in [0, 0.05) is 23.1 Å². The molecule has 2 unspecified atom stereocenters. The molecule has 1 fully saturated rings. The van der Waals surface area contributed by atoms with Gasteiger partial charge in [0.05, 0.1) is 37.5 Å². The van der Waals surface area contributed by atoms with Gasteiger partial charge in [-0.1, -0.05) is 36.4 Å². The van der Waals surface area contributed by atoms with Crippen LogP contribution in [0.1, 0.15) is 46.9 Å². The number of ether oxygens (including phenoxy) is 2. The highest BCUT2D eigenvalue weighted by atomic mass is 16.5. The fourth-order valence-corrected chi connectivity index (χ4v) is 5.84. The number of benzene rings is 2. The second-order valence-electron chi connectivity index (χ2n) is 9.82. The Morgan fingerprint density at radius 3 is 2.44 bits per heavy atom. The Balaban J connectivity index is 1.41. The van der Waals surface area contributed by atoms with Crippen molar-refractivity contribution < 1.29 is 29.3 Å². The molecular weight excluding hydrogens is 460 g/mol. The van der Waals surface area contributed by atoms with E-state index in [1.165, 1.54) is 12.7 Å². The minimum absolute atomic E-state index is 0.0820. The van der Waals surface area contributed by atoms with E-state index in [0.717, 1.165) is 23.0 Å². The summed E-state index contributed by atoms with van der Waals surface area (Å²) < 4.78 is 10.7. The SMILES string of the molecule is COC(=O)N1CCc2c([nH]c3ccccc23)[C@@H]1C[C@@H]1CC(O)C(O)C[C@@H]1COC(=O)c1ccccc1. The number of esters is 1. The first-order chi connectivity index (χ1) is 17.5. The smallest absolute Gasteiger partial charge is 0.410 e. The number of methoxy groups -OCH3 is 1. The number of rotatable bonds is 5. The Kier molecular flexibility index (Phi) is 6.98. The van der Waals surface area contributed by atoms with Crippen LogP contribution in [0.2, 0.25) is 0 Å². The lowest BCUT2D eigenvalue weighted by atomic mass is 9.73. The van der Waals surface area contributed by atoms with E-state index in [-0.39, 0.29) is 24.5 Å². The Bertz CT molecular complexity index is 1230. The molecule has 0 spiro atoms. The fourth-order valence-electron chi connectivity index (χ4n) is 5.84. The molecule has 3 aromatic rings. The van der Waals surface area contributed by atoms with E-state index in [1.807, 2.05) is 24.3 Å². The molecule has 8 nitrogen and oxygen atoms in total. The van der Waals surface area contributed by atoms with Crippen molar-refractivity contribution >= 4 is 23.0 Å². The van der Waals surface area contributed by atoms with Crippen LogP contribution in [0.5, 0.6) is 0 Å². The molecule has 36 heavy (non-hydrogen) atoms. The summed E-state index contributed by atoms with van der Waals surface area (Å²) in [5.74, 6) is -0.659. The van der Waals surface area contributed by atoms with Crippen molar-refractivity contribution in [2.75, 3.05) is 20.3 Å². The van der Waals surface area contributed by atoms with Crippen LogP contribution in [0.3, 0.4) is 0 Å². The fraction of sp³-hybridized carbons (Fsp3) is 0.429. The molecule has 190 valence electrons. The van der Waals surface area contributed by atoms with E-state index in [9.17, 15) is 19.8 Å². The van der Waals surface area contributed by atoms with Crippen LogP contribution < -0.4 is 0 Å². The van der Waals surface area contributed by atoms with Crippen LogP contribution in [0.25, 0.3) is 10.9 Å². The van der Waals surface area contributed by atoms with E-state index in [1.54, 1.807) is 29.2 Å². The number of carbonyl (C=O) groups is 2. The van der Waals surface area contributed by atoms with E-state index in [0.29, 0.717) is 31.4 Å². The third kappa shape index (κ3) is 4.70. The maximum absolute atomic E-state index is 12.7.